The maximum atomic E-state index is 11.0. The SMILES string of the molecule is CNC(=O)COc1ccc(CC(C)N)cc1Br. The van der Waals surface area contributed by atoms with E-state index >= 15 is 0 Å². The summed E-state index contributed by atoms with van der Waals surface area (Å²) in [6, 6.07) is 5.88. The third-order valence-corrected chi connectivity index (χ3v) is 2.81. The number of hydrogen-bond donors (Lipinski definition) is 2. The summed E-state index contributed by atoms with van der Waals surface area (Å²) >= 11 is 3.41. The summed E-state index contributed by atoms with van der Waals surface area (Å²) in [6.07, 6.45) is 0.814. The topological polar surface area (TPSA) is 64.3 Å². The van der Waals surface area contributed by atoms with Crippen molar-refractivity contribution < 1.29 is 9.53 Å². The molecule has 0 saturated heterocycles. The largest absolute Gasteiger partial charge is 0.483 e. The lowest BCUT2D eigenvalue weighted by atomic mass is 10.1. The summed E-state index contributed by atoms with van der Waals surface area (Å²) in [5.74, 6) is 0.499. The van der Waals surface area contributed by atoms with Gasteiger partial charge in [-0.05, 0) is 47.0 Å². The van der Waals surface area contributed by atoms with Crippen molar-refractivity contribution in [2.75, 3.05) is 13.7 Å². The van der Waals surface area contributed by atoms with Crippen molar-refractivity contribution in [2.45, 2.75) is 19.4 Å². The monoisotopic (exact) mass is 300 g/mol. The molecule has 4 nitrogen and oxygen atoms in total. The van der Waals surface area contributed by atoms with Crippen LogP contribution in [0.4, 0.5) is 0 Å². The molecule has 5 heteroatoms. The molecule has 1 rings (SSSR count). The fourth-order valence-corrected chi connectivity index (χ4v) is 1.92. The van der Waals surface area contributed by atoms with E-state index in [1.807, 2.05) is 25.1 Å². The van der Waals surface area contributed by atoms with E-state index in [4.69, 9.17) is 10.5 Å². The maximum Gasteiger partial charge on any atom is 0.257 e. The van der Waals surface area contributed by atoms with Gasteiger partial charge in [-0.2, -0.15) is 0 Å². The molecule has 0 saturated carbocycles. The van der Waals surface area contributed by atoms with Gasteiger partial charge in [0.1, 0.15) is 5.75 Å². The summed E-state index contributed by atoms with van der Waals surface area (Å²) in [5.41, 5.74) is 6.87. The number of likely N-dealkylation sites (N-methyl/N-ethyl adjacent to an activating group) is 1. The summed E-state index contributed by atoms with van der Waals surface area (Å²) in [5, 5.41) is 2.50. The maximum absolute atomic E-state index is 11.0. The van der Waals surface area contributed by atoms with Gasteiger partial charge in [0, 0.05) is 13.1 Å². The molecular formula is C12H17BrN2O2. The third kappa shape index (κ3) is 4.75. The lowest BCUT2D eigenvalue weighted by molar-refractivity contribution is -0.122. The van der Waals surface area contributed by atoms with E-state index in [1.165, 1.54) is 0 Å². The molecule has 1 aromatic rings. The van der Waals surface area contributed by atoms with Gasteiger partial charge in [-0.25, -0.2) is 0 Å². The number of carbonyl (C=O) groups is 1. The molecule has 3 N–H and O–H groups in total. The van der Waals surface area contributed by atoms with E-state index in [0.717, 1.165) is 16.5 Å². The minimum Gasteiger partial charge on any atom is -0.483 e. The highest BCUT2D eigenvalue weighted by Gasteiger charge is 2.06. The average molecular weight is 301 g/mol. The molecule has 0 radical (unpaired) electrons. The van der Waals surface area contributed by atoms with Crippen LogP contribution in [-0.2, 0) is 11.2 Å². The van der Waals surface area contributed by atoms with Gasteiger partial charge in [-0.1, -0.05) is 6.07 Å². The van der Waals surface area contributed by atoms with Gasteiger partial charge >= 0.3 is 0 Å². The normalized spacial score (nSPS) is 12.0. The van der Waals surface area contributed by atoms with Crippen LogP contribution in [0.25, 0.3) is 0 Å². The number of carbonyl (C=O) groups excluding carboxylic acids is 1. The summed E-state index contributed by atoms with van der Waals surface area (Å²) in [4.78, 5) is 11.0. The Kier molecular flexibility index (Phi) is 5.44. The third-order valence-electron chi connectivity index (χ3n) is 2.19. The first-order chi connectivity index (χ1) is 8.02. The summed E-state index contributed by atoms with van der Waals surface area (Å²) in [6.45, 7) is 1.98. The van der Waals surface area contributed by atoms with Crippen LogP contribution in [0.3, 0.4) is 0 Å². The predicted octanol–water partition coefficient (Wildman–Crippen LogP) is 1.46. The Morgan fingerprint density at radius 2 is 2.29 bits per heavy atom. The van der Waals surface area contributed by atoms with E-state index in [0.29, 0.717) is 5.75 Å². The van der Waals surface area contributed by atoms with Gasteiger partial charge < -0.3 is 15.8 Å². The van der Waals surface area contributed by atoms with E-state index in [-0.39, 0.29) is 18.6 Å². The molecule has 0 aliphatic heterocycles. The molecule has 0 bridgehead atoms. The second-order valence-corrected chi connectivity index (χ2v) is 4.76. The molecule has 0 spiro atoms. The van der Waals surface area contributed by atoms with Gasteiger partial charge in [-0.3, -0.25) is 4.79 Å². The van der Waals surface area contributed by atoms with Crippen LogP contribution in [-0.4, -0.2) is 25.6 Å². The highest BCUT2D eigenvalue weighted by atomic mass is 79.9. The molecule has 94 valence electrons. The lowest BCUT2D eigenvalue weighted by Crippen LogP contribution is -2.24. The molecule has 0 aliphatic carbocycles. The van der Waals surface area contributed by atoms with Crippen LogP contribution in [0.1, 0.15) is 12.5 Å². The molecule has 0 fully saturated rings. The molecule has 0 aromatic heterocycles. The quantitative estimate of drug-likeness (QED) is 0.865. The number of amides is 1. The van der Waals surface area contributed by atoms with Crippen LogP contribution in [0.5, 0.6) is 5.75 Å². The molecular weight excluding hydrogens is 284 g/mol. The Morgan fingerprint density at radius 1 is 1.59 bits per heavy atom. The van der Waals surface area contributed by atoms with E-state index in [9.17, 15) is 4.79 Å². The Bertz CT molecular complexity index is 394. The van der Waals surface area contributed by atoms with E-state index in [2.05, 4.69) is 21.2 Å². The minimum absolute atomic E-state index is 0.0156. The molecule has 0 aliphatic rings. The van der Waals surface area contributed by atoms with Crippen LogP contribution < -0.4 is 15.8 Å². The second-order valence-electron chi connectivity index (χ2n) is 3.91. The van der Waals surface area contributed by atoms with E-state index < -0.39 is 0 Å². The standard InChI is InChI=1S/C12H17BrN2O2/c1-8(14)5-9-3-4-11(10(13)6-9)17-7-12(16)15-2/h3-4,6,8H,5,7,14H2,1-2H3,(H,15,16). The van der Waals surface area contributed by atoms with Crippen molar-refractivity contribution in [1.82, 2.24) is 5.32 Å². The van der Waals surface area contributed by atoms with Crippen LogP contribution >= 0.6 is 15.9 Å². The molecule has 1 unspecified atom stereocenters. The Morgan fingerprint density at radius 3 is 2.82 bits per heavy atom. The van der Waals surface area contributed by atoms with E-state index in [1.54, 1.807) is 7.05 Å². The molecule has 0 heterocycles. The first-order valence-corrected chi connectivity index (χ1v) is 6.19. The van der Waals surface area contributed by atoms with Crippen molar-refractivity contribution >= 4 is 21.8 Å². The Balaban J connectivity index is 2.66. The van der Waals surface area contributed by atoms with Crippen molar-refractivity contribution in [3.8, 4) is 5.75 Å². The van der Waals surface area contributed by atoms with Crippen molar-refractivity contribution in [3.63, 3.8) is 0 Å². The van der Waals surface area contributed by atoms with Gasteiger partial charge in [-0.15, -0.1) is 0 Å². The number of rotatable bonds is 5. The van der Waals surface area contributed by atoms with Gasteiger partial charge in [0.15, 0.2) is 6.61 Å². The number of hydrogen-bond acceptors (Lipinski definition) is 3. The second kappa shape index (κ2) is 6.61. The Hall–Kier alpha value is -1.07. The van der Waals surface area contributed by atoms with Crippen LogP contribution in [0.15, 0.2) is 22.7 Å². The van der Waals surface area contributed by atoms with Crippen LogP contribution in [0.2, 0.25) is 0 Å². The van der Waals surface area contributed by atoms with Gasteiger partial charge in [0.05, 0.1) is 4.47 Å². The Labute approximate surface area is 110 Å². The van der Waals surface area contributed by atoms with Gasteiger partial charge in [0.25, 0.3) is 5.91 Å². The van der Waals surface area contributed by atoms with Gasteiger partial charge in [0.2, 0.25) is 0 Å². The highest BCUT2D eigenvalue weighted by Crippen LogP contribution is 2.26. The van der Waals surface area contributed by atoms with Crippen molar-refractivity contribution in [1.29, 1.82) is 0 Å². The first kappa shape index (κ1) is 14.0. The summed E-state index contributed by atoms with van der Waals surface area (Å²) < 4.78 is 6.19. The smallest absolute Gasteiger partial charge is 0.257 e. The van der Waals surface area contributed by atoms with Crippen molar-refractivity contribution in [3.05, 3.63) is 28.2 Å². The number of nitrogens with one attached hydrogen (secondary N) is 1. The summed E-state index contributed by atoms with van der Waals surface area (Å²) in [7, 11) is 1.58. The zero-order valence-corrected chi connectivity index (χ0v) is 11.6. The number of benzene rings is 1. The van der Waals surface area contributed by atoms with Crippen molar-refractivity contribution in [2.24, 2.45) is 5.73 Å². The molecule has 17 heavy (non-hydrogen) atoms. The highest BCUT2D eigenvalue weighted by molar-refractivity contribution is 9.10. The molecule has 1 atom stereocenters. The first-order valence-electron chi connectivity index (χ1n) is 5.40. The number of nitrogens with two attached hydrogens (primary N) is 1. The fourth-order valence-electron chi connectivity index (χ4n) is 1.38. The minimum atomic E-state index is -0.156. The van der Waals surface area contributed by atoms with Crippen LogP contribution in [0, 0.1) is 0 Å². The average Bonchev–Trinajstić information content (AvgIpc) is 2.26. The fraction of sp³-hybridized carbons (Fsp3) is 0.417. The number of halogens is 1. The zero-order chi connectivity index (χ0) is 12.8. The predicted molar refractivity (Wildman–Crippen MR) is 71.1 cm³/mol. The lowest BCUT2D eigenvalue weighted by Gasteiger charge is -2.10. The number of ether oxygens (including phenoxy) is 1. The molecule has 1 amide bonds. The molecule has 1 aromatic carbocycles. The zero-order valence-electron chi connectivity index (χ0n) is 10.00.